The number of carbonyl (C=O) groups excluding carboxylic acids is 1. The molecule has 0 amide bonds. The van der Waals surface area contributed by atoms with Gasteiger partial charge in [0.15, 0.2) is 0 Å². The molecule has 0 aliphatic rings. The van der Waals surface area contributed by atoms with E-state index in [0.717, 1.165) is 6.08 Å². The van der Waals surface area contributed by atoms with E-state index in [1.54, 1.807) is 0 Å². The van der Waals surface area contributed by atoms with Crippen molar-refractivity contribution >= 4 is 15.9 Å². The maximum absolute atomic E-state index is 11.3. The predicted octanol–water partition coefficient (Wildman–Crippen LogP) is -0.299. The minimum Gasteiger partial charge on any atom is -0.396 e. The Morgan fingerprint density at radius 1 is 1.59 bits per heavy atom. The fourth-order valence-corrected chi connectivity index (χ4v) is 1.67. The van der Waals surface area contributed by atoms with Crippen molar-refractivity contribution in [3.8, 4) is 0 Å². The van der Waals surface area contributed by atoms with Crippen LogP contribution in [0.3, 0.4) is 0 Å². The highest BCUT2D eigenvalue weighted by Gasteiger charge is 2.13. The Morgan fingerprint density at radius 3 is 2.53 bits per heavy atom. The minimum absolute atomic E-state index is 0.193. The van der Waals surface area contributed by atoms with E-state index in [2.05, 4.69) is 10.8 Å². The number of ketones is 1. The van der Waals surface area contributed by atoms with E-state index in [-0.39, 0.29) is 17.9 Å². The maximum atomic E-state index is 11.3. The molecule has 0 rings (SSSR count). The summed E-state index contributed by atoms with van der Waals surface area (Å²) in [6.07, 6.45) is 0.164. The highest BCUT2D eigenvalue weighted by molar-refractivity contribution is 7.86. The van der Waals surface area contributed by atoms with Gasteiger partial charge >= 0.3 is 0 Å². The van der Waals surface area contributed by atoms with Crippen LogP contribution in [0.5, 0.6) is 0 Å². The first kappa shape index (κ1) is 15.8. The summed E-state index contributed by atoms with van der Waals surface area (Å²) in [7, 11) is -3.83. The molecule has 7 heteroatoms. The first-order valence-corrected chi connectivity index (χ1v) is 6.44. The SMILES string of the molecule is C=C(C)C(=O)C(N)=CCS(=O)(=O)OCC(C)O. The molecule has 0 spiro atoms. The van der Waals surface area contributed by atoms with Crippen LogP contribution in [0.2, 0.25) is 0 Å². The number of hydrogen-bond donors (Lipinski definition) is 2. The largest absolute Gasteiger partial charge is 0.396 e. The van der Waals surface area contributed by atoms with Crippen molar-refractivity contribution in [2.45, 2.75) is 20.0 Å². The van der Waals surface area contributed by atoms with E-state index in [9.17, 15) is 13.2 Å². The monoisotopic (exact) mass is 263 g/mol. The summed E-state index contributed by atoms with van der Waals surface area (Å²) >= 11 is 0. The normalized spacial score (nSPS) is 14.4. The molecule has 0 aromatic rings. The van der Waals surface area contributed by atoms with E-state index in [1.165, 1.54) is 13.8 Å². The highest BCUT2D eigenvalue weighted by Crippen LogP contribution is 2.01. The second-order valence-electron chi connectivity index (χ2n) is 3.63. The van der Waals surface area contributed by atoms with Gasteiger partial charge in [0, 0.05) is 0 Å². The molecule has 0 bridgehead atoms. The van der Waals surface area contributed by atoms with E-state index < -0.39 is 27.8 Å². The van der Waals surface area contributed by atoms with Crippen molar-refractivity contribution in [2.24, 2.45) is 5.73 Å². The summed E-state index contributed by atoms with van der Waals surface area (Å²) < 4.78 is 27.0. The molecule has 0 aromatic carbocycles. The summed E-state index contributed by atoms with van der Waals surface area (Å²) in [5.74, 6) is -1.03. The Morgan fingerprint density at radius 2 is 2.12 bits per heavy atom. The standard InChI is InChI=1S/C10H17NO5S/c1-7(2)10(13)9(11)4-5-17(14,15)16-6-8(3)12/h4,8,12H,1,5-6,11H2,2-3H3. The van der Waals surface area contributed by atoms with Gasteiger partial charge < -0.3 is 10.8 Å². The molecule has 17 heavy (non-hydrogen) atoms. The van der Waals surface area contributed by atoms with Gasteiger partial charge in [-0.25, -0.2) is 0 Å². The lowest BCUT2D eigenvalue weighted by atomic mass is 10.2. The van der Waals surface area contributed by atoms with Crippen molar-refractivity contribution in [2.75, 3.05) is 12.4 Å². The summed E-state index contributed by atoms with van der Waals surface area (Å²) in [6.45, 7) is 5.93. The van der Waals surface area contributed by atoms with Gasteiger partial charge in [-0.3, -0.25) is 8.98 Å². The Kier molecular flexibility index (Phi) is 6.08. The third-order valence-corrected chi connectivity index (χ3v) is 2.72. The minimum atomic E-state index is -3.83. The van der Waals surface area contributed by atoms with Crippen LogP contribution in [0.25, 0.3) is 0 Å². The van der Waals surface area contributed by atoms with Gasteiger partial charge in [-0.05, 0) is 25.5 Å². The fourth-order valence-electron chi connectivity index (χ4n) is 0.781. The predicted molar refractivity (Wildman–Crippen MR) is 63.5 cm³/mol. The number of Topliss-reactive ketones (excluding diaryl/α,β-unsaturated/α-hetero) is 1. The average Bonchev–Trinajstić information content (AvgIpc) is 2.22. The zero-order valence-corrected chi connectivity index (χ0v) is 10.7. The summed E-state index contributed by atoms with van der Waals surface area (Å²) in [5.41, 5.74) is 5.39. The quantitative estimate of drug-likeness (QED) is 0.482. The van der Waals surface area contributed by atoms with Crippen LogP contribution in [0.1, 0.15) is 13.8 Å². The molecular formula is C10H17NO5S. The zero-order chi connectivity index (χ0) is 13.6. The second-order valence-corrected chi connectivity index (χ2v) is 5.31. The molecule has 0 radical (unpaired) electrons. The highest BCUT2D eigenvalue weighted by atomic mass is 32.2. The van der Waals surface area contributed by atoms with Crippen molar-refractivity contribution in [3.63, 3.8) is 0 Å². The number of hydrogen-bond acceptors (Lipinski definition) is 6. The summed E-state index contributed by atoms with van der Waals surface area (Å²) in [6, 6.07) is 0. The van der Waals surface area contributed by atoms with Gasteiger partial charge in [0.05, 0.1) is 24.2 Å². The molecule has 0 heterocycles. The second kappa shape index (κ2) is 6.53. The van der Waals surface area contributed by atoms with Crippen LogP contribution >= 0.6 is 0 Å². The third kappa shape index (κ3) is 6.88. The Hall–Kier alpha value is -1.18. The number of aliphatic hydroxyl groups is 1. The first-order chi connectivity index (χ1) is 7.65. The molecule has 6 nitrogen and oxygen atoms in total. The number of nitrogens with two attached hydrogens (primary N) is 1. The number of allylic oxidation sites excluding steroid dienone is 1. The lowest BCUT2D eigenvalue weighted by molar-refractivity contribution is -0.112. The average molecular weight is 263 g/mol. The van der Waals surface area contributed by atoms with Gasteiger partial charge in [0.2, 0.25) is 5.78 Å². The van der Waals surface area contributed by atoms with Crippen LogP contribution in [0.15, 0.2) is 23.9 Å². The van der Waals surface area contributed by atoms with Crippen LogP contribution in [0, 0.1) is 0 Å². The Bertz CT molecular complexity index is 422. The smallest absolute Gasteiger partial charge is 0.271 e. The Balaban J connectivity index is 4.49. The first-order valence-electron chi connectivity index (χ1n) is 4.86. The van der Waals surface area contributed by atoms with Gasteiger partial charge in [-0.1, -0.05) is 6.58 Å². The zero-order valence-electron chi connectivity index (χ0n) is 9.84. The van der Waals surface area contributed by atoms with Gasteiger partial charge in [0.1, 0.15) is 0 Å². The molecule has 0 aromatic heterocycles. The molecule has 0 saturated heterocycles. The molecule has 1 atom stereocenters. The Labute approximate surface area is 101 Å². The lowest BCUT2D eigenvalue weighted by Gasteiger charge is -2.05. The summed E-state index contributed by atoms with van der Waals surface area (Å²) in [4.78, 5) is 11.3. The van der Waals surface area contributed by atoms with Gasteiger partial charge in [0.25, 0.3) is 10.1 Å². The topological polar surface area (TPSA) is 107 Å². The number of rotatable bonds is 7. The van der Waals surface area contributed by atoms with E-state index >= 15 is 0 Å². The molecule has 3 N–H and O–H groups in total. The van der Waals surface area contributed by atoms with E-state index in [4.69, 9.17) is 10.8 Å². The molecule has 1 unspecified atom stereocenters. The molecule has 0 fully saturated rings. The van der Waals surface area contributed by atoms with Gasteiger partial charge in [-0.2, -0.15) is 8.42 Å². The van der Waals surface area contributed by atoms with Crippen molar-refractivity contribution < 1.29 is 22.5 Å². The van der Waals surface area contributed by atoms with Crippen LogP contribution in [-0.4, -0.2) is 37.8 Å². The van der Waals surface area contributed by atoms with E-state index in [1.807, 2.05) is 0 Å². The maximum Gasteiger partial charge on any atom is 0.271 e. The lowest BCUT2D eigenvalue weighted by Crippen LogP contribution is -2.19. The van der Waals surface area contributed by atoms with Crippen LogP contribution in [0.4, 0.5) is 0 Å². The molecule has 0 saturated carbocycles. The molecule has 0 aliphatic carbocycles. The molecule has 98 valence electrons. The van der Waals surface area contributed by atoms with Crippen molar-refractivity contribution in [3.05, 3.63) is 23.9 Å². The van der Waals surface area contributed by atoms with E-state index in [0.29, 0.717) is 0 Å². The van der Waals surface area contributed by atoms with Crippen LogP contribution in [-0.2, 0) is 19.1 Å². The number of carbonyl (C=O) groups is 1. The fraction of sp³-hybridized carbons (Fsp3) is 0.500. The molecular weight excluding hydrogens is 246 g/mol. The third-order valence-electron chi connectivity index (χ3n) is 1.65. The van der Waals surface area contributed by atoms with Crippen molar-refractivity contribution in [1.29, 1.82) is 0 Å². The number of aliphatic hydroxyl groups excluding tert-OH is 1. The summed E-state index contributed by atoms with van der Waals surface area (Å²) in [5, 5.41) is 8.86. The van der Waals surface area contributed by atoms with Crippen molar-refractivity contribution in [1.82, 2.24) is 0 Å². The van der Waals surface area contributed by atoms with Gasteiger partial charge in [-0.15, -0.1) is 0 Å². The van der Waals surface area contributed by atoms with Crippen LogP contribution < -0.4 is 5.73 Å². The molecule has 0 aliphatic heterocycles.